The molecule has 25 heavy (non-hydrogen) atoms. The topological polar surface area (TPSA) is 71.3 Å². The average Bonchev–Trinajstić information content (AvgIpc) is 2.64. The molecule has 0 heterocycles. The van der Waals surface area contributed by atoms with Crippen LogP contribution in [0.15, 0.2) is 23.8 Å². The lowest BCUT2D eigenvalue weighted by molar-refractivity contribution is -0.117. The van der Waals surface area contributed by atoms with Gasteiger partial charge in [0, 0.05) is 6.54 Å². The molecule has 1 aromatic carbocycles. The Morgan fingerprint density at radius 2 is 2.00 bits per heavy atom. The molecule has 0 aliphatic rings. The molecular formula is C20H28N2O3. The maximum atomic E-state index is 11.9. The van der Waals surface area contributed by atoms with Crippen molar-refractivity contribution in [2.45, 2.75) is 46.0 Å². The van der Waals surface area contributed by atoms with Crippen LogP contribution >= 0.6 is 0 Å². The van der Waals surface area contributed by atoms with E-state index in [0.717, 1.165) is 24.8 Å². The fourth-order valence-electron chi connectivity index (χ4n) is 2.25. The zero-order valence-corrected chi connectivity index (χ0v) is 15.4. The highest BCUT2D eigenvalue weighted by atomic mass is 16.5. The molecule has 0 saturated heterocycles. The van der Waals surface area contributed by atoms with E-state index in [0.29, 0.717) is 24.7 Å². The van der Waals surface area contributed by atoms with Crippen LogP contribution < -0.4 is 14.8 Å². The van der Waals surface area contributed by atoms with Crippen molar-refractivity contribution >= 4 is 12.0 Å². The molecule has 0 saturated carbocycles. The molecule has 5 nitrogen and oxygen atoms in total. The van der Waals surface area contributed by atoms with E-state index in [-0.39, 0.29) is 11.5 Å². The van der Waals surface area contributed by atoms with Gasteiger partial charge in [0.05, 0.1) is 13.7 Å². The Labute approximate surface area is 150 Å². The number of carbonyl (C=O) groups is 1. The average molecular weight is 344 g/mol. The van der Waals surface area contributed by atoms with Gasteiger partial charge in [0.15, 0.2) is 11.5 Å². The third-order valence-corrected chi connectivity index (χ3v) is 3.65. The zero-order valence-electron chi connectivity index (χ0n) is 15.4. The number of hydrogen-bond acceptors (Lipinski definition) is 4. The number of nitriles is 1. The highest BCUT2D eigenvalue weighted by Gasteiger charge is 2.10. The van der Waals surface area contributed by atoms with Crippen LogP contribution in [-0.2, 0) is 4.79 Å². The summed E-state index contributed by atoms with van der Waals surface area (Å²) in [6.45, 7) is 5.33. The second-order valence-corrected chi connectivity index (χ2v) is 5.75. The van der Waals surface area contributed by atoms with Gasteiger partial charge < -0.3 is 14.8 Å². The lowest BCUT2D eigenvalue weighted by Crippen LogP contribution is -2.25. The summed E-state index contributed by atoms with van der Waals surface area (Å²) in [6.07, 6.45) is 6.94. The maximum Gasteiger partial charge on any atom is 0.261 e. The van der Waals surface area contributed by atoms with Gasteiger partial charge in [-0.15, -0.1) is 0 Å². The normalized spacial score (nSPS) is 10.9. The maximum absolute atomic E-state index is 11.9. The number of unbranched alkanes of at least 4 members (excludes halogenated alkanes) is 3. The minimum atomic E-state index is -0.362. The molecule has 0 unspecified atom stereocenters. The lowest BCUT2D eigenvalue weighted by atomic mass is 10.1. The van der Waals surface area contributed by atoms with E-state index in [9.17, 15) is 10.1 Å². The van der Waals surface area contributed by atoms with Crippen molar-refractivity contribution in [1.29, 1.82) is 5.26 Å². The molecular weight excluding hydrogens is 316 g/mol. The minimum absolute atomic E-state index is 0.0729. The van der Waals surface area contributed by atoms with Gasteiger partial charge in [-0.2, -0.15) is 5.26 Å². The van der Waals surface area contributed by atoms with E-state index in [1.54, 1.807) is 19.3 Å². The first-order chi connectivity index (χ1) is 12.2. The van der Waals surface area contributed by atoms with Crippen molar-refractivity contribution in [2.75, 3.05) is 20.3 Å². The highest BCUT2D eigenvalue weighted by Crippen LogP contribution is 2.29. The van der Waals surface area contributed by atoms with Crippen LogP contribution in [0.4, 0.5) is 0 Å². The summed E-state index contributed by atoms with van der Waals surface area (Å²) in [5.41, 5.74) is 0.794. The SMILES string of the molecule is CCCCCCOc1ccc(/C=C(/C#N)C(=O)NCCC)cc1OC. The van der Waals surface area contributed by atoms with E-state index in [1.807, 2.05) is 25.1 Å². The number of ether oxygens (including phenoxy) is 2. The van der Waals surface area contributed by atoms with Crippen molar-refractivity contribution in [3.05, 3.63) is 29.3 Å². The Kier molecular flexibility index (Phi) is 9.84. The van der Waals surface area contributed by atoms with Crippen molar-refractivity contribution in [1.82, 2.24) is 5.32 Å². The Hall–Kier alpha value is -2.48. The summed E-state index contributed by atoms with van der Waals surface area (Å²) in [6, 6.07) is 7.33. The third-order valence-electron chi connectivity index (χ3n) is 3.65. The summed E-state index contributed by atoms with van der Waals surface area (Å²) in [4.78, 5) is 11.9. The van der Waals surface area contributed by atoms with Crippen LogP contribution in [0.2, 0.25) is 0 Å². The summed E-state index contributed by atoms with van der Waals surface area (Å²) in [5.74, 6) is 0.903. The van der Waals surface area contributed by atoms with Gasteiger partial charge in [0.25, 0.3) is 5.91 Å². The number of rotatable bonds is 11. The molecule has 0 bridgehead atoms. The van der Waals surface area contributed by atoms with Gasteiger partial charge in [-0.05, 0) is 36.6 Å². The predicted octanol–water partition coefficient (Wildman–Crippen LogP) is 4.09. The zero-order chi connectivity index (χ0) is 18.5. The number of benzene rings is 1. The van der Waals surface area contributed by atoms with Gasteiger partial charge >= 0.3 is 0 Å². The van der Waals surface area contributed by atoms with Crippen LogP contribution in [0.3, 0.4) is 0 Å². The molecule has 0 atom stereocenters. The monoisotopic (exact) mass is 344 g/mol. The molecule has 0 aliphatic carbocycles. The van der Waals surface area contributed by atoms with Gasteiger partial charge in [-0.3, -0.25) is 4.79 Å². The molecule has 1 N–H and O–H groups in total. The van der Waals surface area contributed by atoms with Gasteiger partial charge in [0.2, 0.25) is 0 Å². The minimum Gasteiger partial charge on any atom is -0.493 e. The van der Waals surface area contributed by atoms with E-state index < -0.39 is 0 Å². The van der Waals surface area contributed by atoms with Gasteiger partial charge in [-0.25, -0.2) is 0 Å². The molecule has 1 rings (SSSR count). The summed E-state index contributed by atoms with van der Waals surface area (Å²) in [5, 5.41) is 11.9. The Bertz CT molecular complexity index is 618. The number of hydrogen-bond donors (Lipinski definition) is 1. The van der Waals surface area contributed by atoms with Gasteiger partial charge in [0.1, 0.15) is 11.6 Å². The summed E-state index contributed by atoms with van der Waals surface area (Å²) in [7, 11) is 1.58. The molecule has 5 heteroatoms. The van der Waals surface area contributed by atoms with Crippen molar-refractivity contribution < 1.29 is 14.3 Å². The van der Waals surface area contributed by atoms with Gasteiger partial charge in [-0.1, -0.05) is 39.2 Å². The summed E-state index contributed by atoms with van der Waals surface area (Å²) >= 11 is 0. The van der Waals surface area contributed by atoms with Crippen LogP contribution in [0.5, 0.6) is 11.5 Å². The molecule has 1 aromatic rings. The van der Waals surface area contributed by atoms with E-state index in [2.05, 4.69) is 12.2 Å². The number of nitrogens with zero attached hydrogens (tertiary/aromatic N) is 1. The largest absolute Gasteiger partial charge is 0.493 e. The molecule has 0 fully saturated rings. The molecule has 1 amide bonds. The van der Waals surface area contributed by atoms with Crippen molar-refractivity contribution in [2.24, 2.45) is 0 Å². The fourth-order valence-corrected chi connectivity index (χ4v) is 2.25. The number of methoxy groups -OCH3 is 1. The first-order valence-corrected chi connectivity index (χ1v) is 8.87. The fraction of sp³-hybridized carbons (Fsp3) is 0.500. The van der Waals surface area contributed by atoms with Crippen LogP contribution in [0.1, 0.15) is 51.5 Å². The second kappa shape index (κ2) is 12.0. The summed E-state index contributed by atoms with van der Waals surface area (Å²) < 4.78 is 11.1. The van der Waals surface area contributed by atoms with Crippen molar-refractivity contribution in [3.63, 3.8) is 0 Å². The molecule has 0 radical (unpaired) electrons. The number of nitrogens with one attached hydrogen (secondary N) is 1. The highest BCUT2D eigenvalue weighted by molar-refractivity contribution is 6.01. The molecule has 0 aliphatic heterocycles. The standard InChI is InChI=1S/C20H28N2O3/c1-4-6-7-8-12-25-18-10-9-16(14-19(18)24-3)13-17(15-21)20(23)22-11-5-2/h9-10,13-14H,4-8,11-12H2,1-3H3,(H,22,23)/b17-13-. The van der Waals surface area contributed by atoms with Crippen LogP contribution in [-0.4, -0.2) is 26.2 Å². The Morgan fingerprint density at radius 3 is 2.64 bits per heavy atom. The first-order valence-electron chi connectivity index (χ1n) is 8.87. The Balaban J connectivity index is 2.80. The smallest absolute Gasteiger partial charge is 0.261 e. The quantitative estimate of drug-likeness (QED) is 0.373. The molecule has 0 spiro atoms. The second-order valence-electron chi connectivity index (χ2n) is 5.75. The van der Waals surface area contributed by atoms with E-state index in [1.165, 1.54) is 12.8 Å². The lowest BCUT2D eigenvalue weighted by Gasteiger charge is -2.11. The Morgan fingerprint density at radius 1 is 1.20 bits per heavy atom. The number of carbonyl (C=O) groups excluding carboxylic acids is 1. The molecule has 136 valence electrons. The number of amides is 1. The third kappa shape index (κ3) is 7.30. The van der Waals surface area contributed by atoms with Crippen LogP contribution in [0, 0.1) is 11.3 Å². The van der Waals surface area contributed by atoms with E-state index >= 15 is 0 Å². The first kappa shape index (κ1) is 20.6. The van der Waals surface area contributed by atoms with Crippen LogP contribution in [0.25, 0.3) is 6.08 Å². The predicted molar refractivity (Wildman–Crippen MR) is 99.5 cm³/mol. The van der Waals surface area contributed by atoms with E-state index in [4.69, 9.17) is 9.47 Å². The molecule has 0 aromatic heterocycles. The van der Waals surface area contributed by atoms with Crippen molar-refractivity contribution in [3.8, 4) is 17.6 Å².